The number of nitrogens with one attached hydrogen (secondary N) is 1. The molecular formula is C19H13ClN2O. The molecule has 0 unspecified atom stereocenters. The Morgan fingerprint density at radius 3 is 2.70 bits per heavy atom. The average molecular weight is 321 g/mol. The van der Waals surface area contributed by atoms with Crippen molar-refractivity contribution < 1.29 is 4.79 Å². The monoisotopic (exact) mass is 320 g/mol. The van der Waals surface area contributed by atoms with Crippen LogP contribution in [0.5, 0.6) is 0 Å². The fourth-order valence-electron chi connectivity index (χ4n) is 2.11. The molecule has 1 N–H and O–H groups in total. The van der Waals surface area contributed by atoms with Crippen LogP contribution in [0.1, 0.15) is 16.1 Å². The quantitative estimate of drug-likeness (QED) is 0.732. The van der Waals surface area contributed by atoms with E-state index in [0.29, 0.717) is 10.7 Å². The lowest BCUT2D eigenvalue weighted by Gasteiger charge is -2.02. The molecule has 3 aromatic rings. The van der Waals surface area contributed by atoms with Gasteiger partial charge in [-0.25, -0.2) is 4.98 Å². The normalized spacial score (nSPS) is 9.96. The molecule has 0 saturated heterocycles. The van der Waals surface area contributed by atoms with Crippen LogP contribution in [0.3, 0.4) is 0 Å². The minimum Gasteiger partial charge on any atom is -0.340 e. The summed E-state index contributed by atoms with van der Waals surface area (Å²) in [6, 6.07) is 18.6. The first-order valence-corrected chi connectivity index (χ1v) is 7.49. The number of fused-ring (bicyclic) bond motifs is 1. The van der Waals surface area contributed by atoms with Gasteiger partial charge in [-0.1, -0.05) is 59.8 Å². The molecule has 0 fully saturated rings. The Balaban J connectivity index is 1.66. The molecule has 23 heavy (non-hydrogen) atoms. The average Bonchev–Trinajstić information content (AvgIpc) is 2.59. The summed E-state index contributed by atoms with van der Waals surface area (Å²) in [4.78, 5) is 16.4. The minimum atomic E-state index is -0.246. The molecule has 1 heterocycles. The second kappa shape index (κ2) is 6.95. The lowest BCUT2D eigenvalue weighted by molar-refractivity contribution is 0.0954. The van der Waals surface area contributed by atoms with E-state index in [1.807, 2.05) is 48.5 Å². The maximum atomic E-state index is 12.1. The molecule has 3 rings (SSSR count). The van der Waals surface area contributed by atoms with Gasteiger partial charge >= 0.3 is 0 Å². The van der Waals surface area contributed by atoms with E-state index in [4.69, 9.17) is 11.6 Å². The first kappa shape index (κ1) is 15.1. The van der Waals surface area contributed by atoms with Gasteiger partial charge in [-0.15, -0.1) is 0 Å². The van der Waals surface area contributed by atoms with Crippen LogP contribution in [0.2, 0.25) is 5.02 Å². The van der Waals surface area contributed by atoms with Gasteiger partial charge in [0.25, 0.3) is 5.91 Å². The molecule has 3 nitrogen and oxygen atoms in total. The standard InChI is InChI=1S/C19H13ClN2O/c20-16-9-3-1-6-14(16)8-5-13-21-19(23)18-12-11-15-7-2-4-10-17(15)22-18/h1-4,6-7,9-12H,13H2,(H,21,23). The fraction of sp³-hybridized carbons (Fsp3) is 0.0526. The van der Waals surface area contributed by atoms with Crippen molar-refractivity contribution in [2.24, 2.45) is 0 Å². The highest BCUT2D eigenvalue weighted by Crippen LogP contribution is 2.13. The third kappa shape index (κ3) is 3.68. The Labute approximate surface area is 139 Å². The van der Waals surface area contributed by atoms with E-state index in [-0.39, 0.29) is 12.5 Å². The van der Waals surface area contributed by atoms with Crippen molar-refractivity contribution in [2.45, 2.75) is 0 Å². The number of para-hydroxylation sites is 1. The molecule has 0 spiro atoms. The van der Waals surface area contributed by atoms with Crippen LogP contribution in [-0.2, 0) is 0 Å². The highest BCUT2D eigenvalue weighted by Gasteiger charge is 2.06. The lowest BCUT2D eigenvalue weighted by atomic mass is 10.2. The zero-order valence-corrected chi connectivity index (χ0v) is 13.0. The summed E-state index contributed by atoms with van der Waals surface area (Å²) >= 11 is 6.02. The van der Waals surface area contributed by atoms with Crippen molar-refractivity contribution in [3.05, 3.63) is 76.9 Å². The maximum Gasteiger partial charge on any atom is 0.270 e. The van der Waals surface area contributed by atoms with Crippen LogP contribution in [0.15, 0.2) is 60.7 Å². The Morgan fingerprint density at radius 1 is 1.04 bits per heavy atom. The highest BCUT2D eigenvalue weighted by atomic mass is 35.5. The smallest absolute Gasteiger partial charge is 0.270 e. The second-order valence-corrected chi connectivity index (χ2v) is 5.26. The predicted molar refractivity (Wildman–Crippen MR) is 92.4 cm³/mol. The fourth-order valence-corrected chi connectivity index (χ4v) is 2.29. The van der Waals surface area contributed by atoms with E-state index >= 15 is 0 Å². The molecule has 2 aromatic carbocycles. The summed E-state index contributed by atoms with van der Waals surface area (Å²) in [5.74, 6) is 5.57. The third-order valence-electron chi connectivity index (χ3n) is 3.27. The molecule has 0 aliphatic heterocycles. The second-order valence-electron chi connectivity index (χ2n) is 4.85. The van der Waals surface area contributed by atoms with E-state index in [2.05, 4.69) is 22.1 Å². The van der Waals surface area contributed by atoms with E-state index in [1.165, 1.54) is 0 Å². The molecule has 1 amide bonds. The summed E-state index contributed by atoms with van der Waals surface area (Å²) in [5.41, 5.74) is 1.91. The summed E-state index contributed by atoms with van der Waals surface area (Å²) in [7, 11) is 0. The third-order valence-corrected chi connectivity index (χ3v) is 3.59. The largest absolute Gasteiger partial charge is 0.340 e. The van der Waals surface area contributed by atoms with Gasteiger partial charge in [-0.2, -0.15) is 0 Å². The van der Waals surface area contributed by atoms with Gasteiger partial charge in [-0.3, -0.25) is 4.79 Å². The molecule has 0 aliphatic rings. The van der Waals surface area contributed by atoms with Crippen LogP contribution in [0.4, 0.5) is 0 Å². The number of hydrogen-bond donors (Lipinski definition) is 1. The molecule has 1 aromatic heterocycles. The number of halogens is 1. The van der Waals surface area contributed by atoms with Gasteiger partial charge in [0.1, 0.15) is 5.69 Å². The topological polar surface area (TPSA) is 42.0 Å². The number of carbonyl (C=O) groups is 1. The summed E-state index contributed by atoms with van der Waals surface area (Å²) in [6.07, 6.45) is 0. The number of rotatable bonds is 2. The van der Waals surface area contributed by atoms with Gasteiger partial charge in [0.05, 0.1) is 17.1 Å². The maximum absolute atomic E-state index is 12.1. The zero-order valence-electron chi connectivity index (χ0n) is 12.2. The number of amides is 1. The molecule has 0 radical (unpaired) electrons. The van der Waals surface area contributed by atoms with Gasteiger partial charge in [-0.05, 0) is 24.3 Å². The van der Waals surface area contributed by atoms with Gasteiger partial charge < -0.3 is 5.32 Å². The Bertz CT molecular complexity index is 925. The Morgan fingerprint density at radius 2 is 1.83 bits per heavy atom. The first-order chi connectivity index (χ1) is 11.2. The molecule has 112 valence electrons. The van der Waals surface area contributed by atoms with Gasteiger partial charge in [0, 0.05) is 10.9 Å². The lowest BCUT2D eigenvalue weighted by Crippen LogP contribution is -2.24. The molecule has 4 heteroatoms. The first-order valence-electron chi connectivity index (χ1n) is 7.11. The van der Waals surface area contributed by atoms with E-state index in [9.17, 15) is 4.79 Å². The number of benzene rings is 2. The molecule has 0 saturated carbocycles. The molecule has 0 aliphatic carbocycles. The molecule has 0 bridgehead atoms. The Kier molecular flexibility index (Phi) is 4.56. The van der Waals surface area contributed by atoms with E-state index in [0.717, 1.165) is 16.5 Å². The van der Waals surface area contributed by atoms with Crippen LogP contribution in [0.25, 0.3) is 10.9 Å². The summed E-state index contributed by atoms with van der Waals surface area (Å²) in [5, 5.41) is 4.34. The van der Waals surface area contributed by atoms with E-state index in [1.54, 1.807) is 12.1 Å². The van der Waals surface area contributed by atoms with Crippen LogP contribution in [-0.4, -0.2) is 17.4 Å². The zero-order chi connectivity index (χ0) is 16.1. The highest BCUT2D eigenvalue weighted by molar-refractivity contribution is 6.31. The summed E-state index contributed by atoms with van der Waals surface area (Å²) < 4.78 is 0. The van der Waals surface area contributed by atoms with Crippen LogP contribution < -0.4 is 5.32 Å². The number of aromatic nitrogens is 1. The number of hydrogen-bond acceptors (Lipinski definition) is 2. The van der Waals surface area contributed by atoms with Crippen LogP contribution >= 0.6 is 11.6 Å². The summed E-state index contributed by atoms with van der Waals surface area (Å²) in [6.45, 7) is 0.235. The minimum absolute atomic E-state index is 0.235. The number of nitrogens with zero attached hydrogens (tertiary/aromatic N) is 1. The van der Waals surface area contributed by atoms with Crippen molar-refractivity contribution in [3.8, 4) is 11.8 Å². The van der Waals surface area contributed by atoms with Gasteiger partial charge in [0.2, 0.25) is 0 Å². The molecular weight excluding hydrogens is 308 g/mol. The van der Waals surface area contributed by atoms with Crippen molar-refractivity contribution >= 4 is 28.4 Å². The number of carbonyl (C=O) groups excluding carboxylic acids is 1. The van der Waals surface area contributed by atoms with Crippen molar-refractivity contribution in [1.29, 1.82) is 0 Å². The number of pyridine rings is 1. The SMILES string of the molecule is O=C(NCC#Cc1ccccc1Cl)c1ccc2ccccc2n1. The van der Waals surface area contributed by atoms with Gasteiger partial charge in [0.15, 0.2) is 0 Å². The van der Waals surface area contributed by atoms with Crippen molar-refractivity contribution in [1.82, 2.24) is 10.3 Å². The Hall–Kier alpha value is -2.83. The van der Waals surface area contributed by atoms with E-state index < -0.39 is 0 Å². The predicted octanol–water partition coefficient (Wildman–Crippen LogP) is 3.67. The molecule has 0 atom stereocenters. The van der Waals surface area contributed by atoms with Crippen LogP contribution in [0, 0.1) is 11.8 Å². The van der Waals surface area contributed by atoms with Crippen molar-refractivity contribution in [2.75, 3.05) is 6.54 Å². The van der Waals surface area contributed by atoms with Crippen molar-refractivity contribution in [3.63, 3.8) is 0 Å².